The largest absolute Gasteiger partial charge is 0.496 e. The molecule has 0 saturated carbocycles. The number of anilines is 1. The first-order valence-electron chi connectivity index (χ1n) is 9.35. The number of nitrogens with zero attached hydrogens (tertiary/aromatic N) is 2. The number of piperidine rings is 1. The summed E-state index contributed by atoms with van der Waals surface area (Å²) >= 11 is 0. The summed E-state index contributed by atoms with van der Waals surface area (Å²) in [6.45, 7) is 4.62. The predicted molar refractivity (Wildman–Crippen MR) is 105 cm³/mol. The molecule has 1 aromatic heterocycles. The van der Waals surface area contributed by atoms with Gasteiger partial charge in [-0.05, 0) is 44.9 Å². The highest BCUT2D eigenvalue weighted by Crippen LogP contribution is 2.43. The maximum atomic E-state index is 14.9. The normalized spacial score (nSPS) is 19.1. The third-order valence-corrected chi connectivity index (χ3v) is 4.77. The van der Waals surface area contributed by atoms with Gasteiger partial charge in [0.1, 0.15) is 17.2 Å². The number of aromatic amines is 1. The third-order valence-electron chi connectivity index (χ3n) is 4.77. The molecule has 1 saturated heterocycles. The molecule has 1 unspecified atom stereocenters. The Morgan fingerprint density at radius 1 is 1.34 bits per heavy atom. The Bertz CT molecular complexity index is 892. The third kappa shape index (κ3) is 4.60. The molecule has 158 valence electrons. The number of carbonyl (C=O) groups is 1. The lowest BCUT2D eigenvalue weighted by molar-refractivity contribution is -0.0849. The van der Waals surface area contributed by atoms with Gasteiger partial charge >= 0.3 is 6.09 Å². The van der Waals surface area contributed by atoms with Gasteiger partial charge in [0.15, 0.2) is 0 Å². The molecule has 3 rings (SSSR count). The number of amides is 1. The molecule has 2 aromatic rings. The molecule has 1 fully saturated rings. The number of ether oxygens (including phenoxy) is 2. The number of aromatic nitrogens is 2. The van der Waals surface area contributed by atoms with E-state index < -0.39 is 30.1 Å². The van der Waals surface area contributed by atoms with Crippen molar-refractivity contribution in [3.05, 3.63) is 29.8 Å². The molecule has 0 bridgehead atoms. The highest BCUT2D eigenvalue weighted by atomic mass is 19.3. The number of nitrogens with two attached hydrogens (primary N) is 1. The molecule has 0 spiro atoms. The molecule has 2 heterocycles. The SMILES string of the molecule is COc1cc(C2CCN(C(=O)OC(C)(C)C)CC2(F)F)ccc1-c1cc(N)n[nH]1. The van der Waals surface area contributed by atoms with Crippen molar-refractivity contribution in [2.24, 2.45) is 0 Å². The van der Waals surface area contributed by atoms with Gasteiger partial charge in [0.05, 0.1) is 25.3 Å². The Kier molecular flexibility index (Phi) is 5.42. The number of hydrogen-bond acceptors (Lipinski definition) is 5. The average Bonchev–Trinajstić information content (AvgIpc) is 3.05. The fourth-order valence-corrected chi connectivity index (χ4v) is 3.45. The summed E-state index contributed by atoms with van der Waals surface area (Å²) in [6.07, 6.45) is -0.605. The molecule has 1 aliphatic heterocycles. The summed E-state index contributed by atoms with van der Waals surface area (Å²) in [6, 6.07) is 6.60. The summed E-state index contributed by atoms with van der Waals surface area (Å²) in [5.74, 6) is -3.36. The van der Waals surface area contributed by atoms with Crippen molar-refractivity contribution < 1.29 is 23.0 Å². The van der Waals surface area contributed by atoms with Crippen molar-refractivity contribution >= 4 is 11.9 Å². The number of methoxy groups -OCH3 is 1. The first-order chi connectivity index (χ1) is 13.5. The van der Waals surface area contributed by atoms with Crippen molar-refractivity contribution in [3.63, 3.8) is 0 Å². The molecule has 1 aliphatic rings. The highest BCUT2D eigenvalue weighted by Gasteiger charge is 2.47. The number of rotatable bonds is 3. The van der Waals surface area contributed by atoms with Gasteiger partial charge in [0, 0.05) is 18.2 Å². The van der Waals surface area contributed by atoms with Gasteiger partial charge in [-0.25, -0.2) is 13.6 Å². The monoisotopic (exact) mass is 408 g/mol. The highest BCUT2D eigenvalue weighted by molar-refractivity contribution is 5.70. The summed E-state index contributed by atoms with van der Waals surface area (Å²) < 4.78 is 40.5. The Hall–Kier alpha value is -2.84. The van der Waals surface area contributed by atoms with Crippen molar-refractivity contribution in [1.82, 2.24) is 15.1 Å². The van der Waals surface area contributed by atoms with Crippen molar-refractivity contribution in [3.8, 4) is 17.0 Å². The van der Waals surface area contributed by atoms with Gasteiger partial charge in [0.2, 0.25) is 0 Å². The second-order valence-corrected chi connectivity index (χ2v) is 8.17. The van der Waals surface area contributed by atoms with Gasteiger partial charge in [-0.1, -0.05) is 6.07 Å². The van der Waals surface area contributed by atoms with E-state index in [4.69, 9.17) is 15.2 Å². The smallest absolute Gasteiger partial charge is 0.410 e. The summed E-state index contributed by atoms with van der Waals surface area (Å²) in [4.78, 5) is 13.2. The van der Waals surface area contributed by atoms with Crippen molar-refractivity contribution in [1.29, 1.82) is 0 Å². The van der Waals surface area contributed by atoms with Crippen LogP contribution in [0.2, 0.25) is 0 Å². The lowest BCUT2D eigenvalue weighted by Crippen LogP contribution is -2.50. The Balaban J connectivity index is 1.81. The van der Waals surface area contributed by atoms with Crippen LogP contribution in [0.3, 0.4) is 0 Å². The van der Waals surface area contributed by atoms with E-state index in [9.17, 15) is 13.6 Å². The minimum Gasteiger partial charge on any atom is -0.496 e. The van der Waals surface area contributed by atoms with Crippen LogP contribution < -0.4 is 10.5 Å². The van der Waals surface area contributed by atoms with E-state index in [1.165, 1.54) is 7.11 Å². The molecule has 9 heteroatoms. The fourth-order valence-electron chi connectivity index (χ4n) is 3.45. The Labute approximate surface area is 168 Å². The predicted octanol–water partition coefficient (Wildman–Crippen LogP) is 4.03. The van der Waals surface area contributed by atoms with Crippen LogP contribution in [0.25, 0.3) is 11.3 Å². The first-order valence-corrected chi connectivity index (χ1v) is 9.35. The summed E-state index contributed by atoms with van der Waals surface area (Å²) in [7, 11) is 1.48. The number of carbonyl (C=O) groups excluding carboxylic acids is 1. The maximum Gasteiger partial charge on any atom is 0.410 e. The minimum absolute atomic E-state index is 0.117. The lowest BCUT2D eigenvalue weighted by Gasteiger charge is -2.39. The number of hydrogen-bond donors (Lipinski definition) is 2. The van der Waals surface area contributed by atoms with E-state index in [0.29, 0.717) is 28.4 Å². The van der Waals surface area contributed by atoms with E-state index in [0.717, 1.165) is 4.90 Å². The second kappa shape index (κ2) is 7.53. The van der Waals surface area contributed by atoms with E-state index in [-0.39, 0.29) is 13.0 Å². The van der Waals surface area contributed by atoms with Gasteiger partial charge in [-0.3, -0.25) is 5.10 Å². The topological polar surface area (TPSA) is 93.5 Å². The maximum absolute atomic E-state index is 14.9. The molecule has 0 aliphatic carbocycles. The molecular weight excluding hydrogens is 382 g/mol. The fraction of sp³-hybridized carbons (Fsp3) is 0.500. The number of H-pyrrole nitrogens is 1. The second-order valence-electron chi connectivity index (χ2n) is 8.17. The van der Waals surface area contributed by atoms with Gasteiger partial charge in [-0.2, -0.15) is 5.10 Å². The average molecular weight is 408 g/mol. The Morgan fingerprint density at radius 3 is 2.62 bits per heavy atom. The number of nitrogen functional groups attached to an aromatic ring is 1. The van der Waals surface area contributed by atoms with Gasteiger partial charge < -0.3 is 20.1 Å². The zero-order valence-electron chi connectivity index (χ0n) is 17.0. The molecule has 1 amide bonds. The van der Waals surface area contributed by atoms with E-state index >= 15 is 0 Å². The van der Waals surface area contributed by atoms with E-state index in [1.807, 2.05) is 0 Å². The number of benzene rings is 1. The summed E-state index contributed by atoms with van der Waals surface area (Å²) in [5.41, 5.74) is 6.67. The van der Waals surface area contributed by atoms with Crippen LogP contribution in [0, 0.1) is 0 Å². The Morgan fingerprint density at radius 2 is 2.07 bits per heavy atom. The van der Waals surface area contributed by atoms with Crippen LogP contribution in [0.5, 0.6) is 5.75 Å². The van der Waals surface area contributed by atoms with Crippen LogP contribution in [0.1, 0.15) is 38.7 Å². The molecular formula is C20H26F2N4O3. The number of alkyl halides is 2. The molecule has 3 N–H and O–H groups in total. The number of nitrogens with one attached hydrogen (secondary N) is 1. The lowest BCUT2D eigenvalue weighted by atomic mass is 9.85. The molecule has 1 atom stereocenters. The van der Waals surface area contributed by atoms with Gasteiger partial charge in [-0.15, -0.1) is 0 Å². The van der Waals surface area contributed by atoms with Crippen molar-refractivity contribution in [2.75, 3.05) is 25.9 Å². The summed E-state index contributed by atoms with van der Waals surface area (Å²) in [5, 5.41) is 6.67. The zero-order valence-corrected chi connectivity index (χ0v) is 17.0. The first kappa shape index (κ1) is 20.9. The van der Waals surface area contributed by atoms with Crippen LogP contribution in [0.4, 0.5) is 19.4 Å². The van der Waals surface area contributed by atoms with Crippen LogP contribution in [-0.2, 0) is 4.74 Å². The van der Waals surface area contributed by atoms with Gasteiger partial charge in [0.25, 0.3) is 5.92 Å². The van der Waals surface area contributed by atoms with Crippen LogP contribution in [0.15, 0.2) is 24.3 Å². The molecule has 7 nitrogen and oxygen atoms in total. The number of likely N-dealkylation sites (tertiary alicyclic amines) is 1. The van der Waals surface area contributed by atoms with Crippen molar-refractivity contribution in [2.45, 2.75) is 44.6 Å². The molecule has 0 radical (unpaired) electrons. The van der Waals surface area contributed by atoms with E-state index in [2.05, 4.69) is 10.2 Å². The van der Waals surface area contributed by atoms with Crippen LogP contribution >= 0.6 is 0 Å². The zero-order chi connectivity index (χ0) is 21.4. The quantitative estimate of drug-likeness (QED) is 0.800. The van der Waals surface area contributed by atoms with Crippen LogP contribution in [-0.4, -0.2) is 52.9 Å². The number of halogens is 2. The standard InChI is InChI=1S/C20H26F2N4O3/c1-19(2,3)29-18(27)26-8-7-14(20(21,22)11-26)12-5-6-13(16(9-12)28-4)15-10-17(23)25-24-15/h5-6,9-10,14H,7-8,11H2,1-4H3,(H3,23,24,25). The van der Waals surface area contributed by atoms with E-state index in [1.54, 1.807) is 45.0 Å². The minimum atomic E-state index is -3.10. The molecule has 29 heavy (non-hydrogen) atoms. The molecule has 1 aromatic carbocycles.